The minimum absolute atomic E-state index is 0.0327. The van der Waals surface area contributed by atoms with Crippen molar-refractivity contribution in [3.63, 3.8) is 0 Å². The number of benzene rings is 1. The number of fused-ring (bicyclic) bond motifs is 2. The van der Waals surface area contributed by atoms with Crippen molar-refractivity contribution in [3.05, 3.63) is 29.3 Å². The molecule has 148 valence electrons. The van der Waals surface area contributed by atoms with Crippen LogP contribution in [0.2, 0.25) is 0 Å². The summed E-state index contributed by atoms with van der Waals surface area (Å²) in [6.45, 7) is 1.97. The summed E-state index contributed by atoms with van der Waals surface area (Å²) < 4.78 is 52.2. The van der Waals surface area contributed by atoms with E-state index in [9.17, 15) is 23.1 Å². The smallest absolute Gasteiger partial charge is 0.390 e. The van der Waals surface area contributed by atoms with Gasteiger partial charge in [-0.05, 0) is 25.1 Å². The number of carbonyl (C=O) groups is 1. The highest BCUT2D eigenvalue weighted by Gasteiger charge is 2.77. The van der Waals surface area contributed by atoms with Crippen LogP contribution in [0.1, 0.15) is 30.9 Å². The zero-order valence-corrected chi connectivity index (χ0v) is 14.9. The number of nitrogens with zero attached hydrogens (tertiary/aromatic N) is 2. The fourth-order valence-corrected chi connectivity index (χ4v) is 5.61. The number of nitriles is 1. The first kappa shape index (κ1) is 17.9. The molecule has 4 saturated heterocycles. The van der Waals surface area contributed by atoms with Crippen LogP contribution in [0.25, 0.3) is 0 Å². The van der Waals surface area contributed by atoms with E-state index in [1.54, 1.807) is 13.0 Å². The van der Waals surface area contributed by atoms with Gasteiger partial charge in [0.25, 0.3) is 0 Å². The van der Waals surface area contributed by atoms with Crippen LogP contribution in [0.15, 0.2) is 18.2 Å². The lowest BCUT2D eigenvalue weighted by molar-refractivity contribution is -0.143. The molecular weight excluding hydrogens is 377 g/mol. The summed E-state index contributed by atoms with van der Waals surface area (Å²) in [6.07, 6.45) is -5.39. The molecule has 1 aromatic carbocycles. The van der Waals surface area contributed by atoms with Crippen molar-refractivity contribution in [1.29, 1.82) is 5.26 Å². The van der Waals surface area contributed by atoms with Gasteiger partial charge < -0.3 is 14.6 Å². The summed E-state index contributed by atoms with van der Waals surface area (Å²) in [5, 5.41) is 19.5. The van der Waals surface area contributed by atoms with E-state index < -0.39 is 52.7 Å². The number of carbonyl (C=O) groups excluding carboxylic acids is 1. The minimum Gasteiger partial charge on any atom is -0.390 e. The van der Waals surface area contributed by atoms with Gasteiger partial charge in [-0.1, -0.05) is 0 Å². The van der Waals surface area contributed by atoms with Crippen molar-refractivity contribution in [2.24, 2.45) is 11.8 Å². The number of amides is 1. The Morgan fingerprint density at radius 2 is 2.14 bits per heavy atom. The van der Waals surface area contributed by atoms with Crippen molar-refractivity contribution >= 4 is 11.6 Å². The quantitative estimate of drug-likeness (QED) is 0.790. The molecular formula is C19H17F3N2O4. The molecule has 4 aliphatic heterocycles. The molecule has 0 saturated carbocycles. The fourth-order valence-electron chi connectivity index (χ4n) is 5.61. The monoisotopic (exact) mass is 394 g/mol. The minimum atomic E-state index is -4.72. The molecule has 4 fully saturated rings. The Morgan fingerprint density at radius 3 is 2.82 bits per heavy atom. The molecule has 0 unspecified atom stereocenters. The SMILES string of the molecule is C[C@]12O[C@@]3(CCO[C@H]4[C@@H]3[C@@H]1C(=O)N4c1ccc(C#N)c(C(F)(F)F)c1)C[C@H]2O. The van der Waals surface area contributed by atoms with E-state index in [-0.39, 0.29) is 18.2 Å². The number of alkyl halides is 3. The summed E-state index contributed by atoms with van der Waals surface area (Å²) in [7, 11) is 0. The van der Waals surface area contributed by atoms with Crippen molar-refractivity contribution in [2.75, 3.05) is 11.5 Å². The Morgan fingerprint density at radius 1 is 1.39 bits per heavy atom. The lowest BCUT2D eigenvalue weighted by atomic mass is 9.65. The number of aliphatic hydroxyl groups is 1. The van der Waals surface area contributed by atoms with Crippen LogP contribution in [0, 0.1) is 23.2 Å². The highest BCUT2D eigenvalue weighted by molar-refractivity contribution is 6.00. The van der Waals surface area contributed by atoms with Gasteiger partial charge in [-0.15, -0.1) is 0 Å². The topological polar surface area (TPSA) is 82.8 Å². The van der Waals surface area contributed by atoms with Crippen LogP contribution in [0.3, 0.4) is 0 Å². The van der Waals surface area contributed by atoms with Gasteiger partial charge in [0, 0.05) is 24.4 Å². The molecule has 5 rings (SSSR count). The zero-order valence-electron chi connectivity index (χ0n) is 14.9. The van der Waals surface area contributed by atoms with E-state index in [0.29, 0.717) is 12.8 Å². The van der Waals surface area contributed by atoms with Crippen molar-refractivity contribution < 1.29 is 32.5 Å². The van der Waals surface area contributed by atoms with Crippen molar-refractivity contribution in [2.45, 2.75) is 49.5 Å². The van der Waals surface area contributed by atoms with Crippen molar-refractivity contribution in [3.8, 4) is 6.07 Å². The van der Waals surface area contributed by atoms with Crippen LogP contribution in [0.4, 0.5) is 18.9 Å². The third kappa shape index (κ3) is 2.00. The lowest BCUT2D eigenvalue weighted by Crippen LogP contribution is -2.53. The predicted octanol–water partition coefficient (Wildman–Crippen LogP) is 2.19. The summed E-state index contributed by atoms with van der Waals surface area (Å²) >= 11 is 0. The normalized spacial score (nSPS) is 41.3. The van der Waals surface area contributed by atoms with E-state index in [4.69, 9.17) is 14.7 Å². The van der Waals surface area contributed by atoms with Crippen LogP contribution in [-0.2, 0) is 20.4 Å². The Kier molecular flexibility index (Phi) is 3.36. The van der Waals surface area contributed by atoms with E-state index in [2.05, 4.69) is 0 Å². The second kappa shape index (κ2) is 5.26. The first-order valence-corrected chi connectivity index (χ1v) is 9.07. The Balaban J connectivity index is 1.62. The van der Waals surface area contributed by atoms with Crippen LogP contribution in [0.5, 0.6) is 0 Å². The summed E-state index contributed by atoms with van der Waals surface area (Å²) in [4.78, 5) is 14.5. The first-order valence-electron chi connectivity index (χ1n) is 9.07. The third-order valence-corrected chi connectivity index (χ3v) is 6.79. The number of anilines is 1. The maximum atomic E-state index is 13.4. The van der Waals surface area contributed by atoms with Crippen molar-refractivity contribution in [1.82, 2.24) is 0 Å². The van der Waals surface area contributed by atoms with Gasteiger partial charge in [-0.2, -0.15) is 18.4 Å². The third-order valence-electron chi connectivity index (χ3n) is 6.79. The number of halogens is 3. The van der Waals surface area contributed by atoms with Gasteiger partial charge in [-0.3, -0.25) is 9.69 Å². The number of hydrogen-bond acceptors (Lipinski definition) is 5. The lowest BCUT2D eigenvalue weighted by Gasteiger charge is -2.42. The van der Waals surface area contributed by atoms with E-state index in [0.717, 1.165) is 12.1 Å². The largest absolute Gasteiger partial charge is 0.417 e. The second-order valence-electron chi connectivity index (χ2n) is 8.13. The Hall–Kier alpha value is -2.15. The average molecular weight is 394 g/mol. The van der Waals surface area contributed by atoms with Crippen LogP contribution >= 0.6 is 0 Å². The molecule has 1 N–H and O–H groups in total. The maximum absolute atomic E-state index is 13.4. The summed E-state index contributed by atoms with van der Waals surface area (Å²) in [5.41, 5.74) is -3.35. The van der Waals surface area contributed by atoms with E-state index >= 15 is 0 Å². The van der Waals surface area contributed by atoms with Gasteiger partial charge in [0.15, 0.2) is 0 Å². The molecule has 0 radical (unpaired) electrons. The molecule has 0 aromatic heterocycles. The molecule has 1 spiro atoms. The zero-order chi connectivity index (χ0) is 20.1. The molecule has 28 heavy (non-hydrogen) atoms. The van der Waals surface area contributed by atoms with Gasteiger partial charge in [-0.25, -0.2) is 0 Å². The Bertz CT molecular complexity index is 929. The Labute approximate surface area is 158 Å². The van der Waals surface area contributed by atoms with Gasteiger partial charge in [0.05, 0.1) is 41.4 Å². The maximum Gasteiger partial charge on any atom is 0.417 e. The highest BCUT2D eigenvalue weighted by Crippen LogP contribution is 2.65. The van der Waals surface area contributed by atoms with Gasteiger partial charge in [0.2, 0.25) is 5.91 Å². The molecule has 2 bridgehead atoms. The van der Waals surface area contributed by atoms with Gasteiger partial charge >= 0.3 is 6.18 Å². The van der Waals surface area contributed by atoms with E-state index in [1.807, 2.05) is 0 Å². The first-order chi connectivity index (χ1) is 13.1. The molecule has 9 heteroatoms. The standard InChI is InChI=1S/C19H17F3N2O4/c1-17-12(25)7-18(28-17)4-5-27-16-14(18)13(17)15(26)24(16)10-3-2-9(8-23)11(6-10)19(20,21)22/h2-3,6,12-14,16,25H,4-5,7H2,1H3/t12-,13-,14+,16+,17-,18+/m1/s1. The average Bonchev–Trinajstić information content (AvgIpc) is 3.17. The number of ether oxygens (including phenoxy) is 2. The number of rotatable bonds is 1. The van der Waals surface area contributed by atoms with E-state index in [1.165, 1.54) is 11.0 Å². The summed E-state index contributed by atoms with van der Waals surface area (Å²) in [6, 6.07) is 4.77. The molecule has 1 amide bonds. The fraction of sp³-hybridized carbons (Fsp3) is 0.579. The second-order valence-corrected chi connectivity index (χ2v) is 8.13. The van der Waals surface area contributed by atoms with Crippen LogP contribution in [-0.4, -0.2) is 41.2 Å². The van der Waals surface area contributed by atoms with Gasteiger partial charge in [0.1, 0.15) is 11.8 Å². The number of aliphatic hydroxyl groups excluding tert-OH is 1. The summed E-state index contributed by atoms with van der Waals surface area (Å²) in [5.74, 6) is -1.46. The molecule has 6 nitrogen and oxygen atoms in total. The molecule has 1 aromatic rings. The molecule has 4 aliphatic rings. The molecule has 6 atom stereocenters. The number of hydrogen-bond donors (Lipinski definition) is 1. The molecule has 4 heterocycles. The van der Waals surface area contributed by atoms with Crippen LogP contribution < -0.4 is 4.90 Å². The molecule has 0 aliphatic carbocycles. The predicted molar refractivity (Wildman–Crippen MR) is 87.8 cm³/mol. The highest BCUT2D eigenvalue weighted by atomic mass is 19.4.